The van der Waals surface area contributed by atoms with Gasteiger partial charge in [-0.3, -0.25) is 0 Å². The van der Waals surface area contributed by atoms with E-state index in [9.17, 15) is 0 Å². The standard InChI is InChI=1S/C14H21BrN2/c1-11-13(15)7-8-14(16-11)17(2)10-9-12-5-3-4-6-12/h7-8,12H,3-6,9-10H2,1-2H3. The van der Waals surface area contributed by atoms with Gasteiger partial charge in [0.05, 0.1) is 5.69 Å². The van der Waals surface area contributed by atoms with Crippen LogP contribution in [0, 0.1) is 12.8 Å². The summed E-state index contributed by atoms with van der Waals surface area (Å²) in [6, 6.07) is 4.18. The number of pyridine rings is 1. The largest absolute Gasteiger partial charge is 0.360 e. The number of nitrogens with zero attached hydrogens (tertiary/aromatic N) is 2. The Balaban J connectivity index is 1.89. The molecule has 0 bridgehead atoms. The third-order valence-electron chi connectivity index (χ3n) is 3.75. The summed E-state index contributed by atoms with van der Waals surface area (Å²) in [6.45, 7) is 3.16. The fourth-order valence-corrected chi connectivity index (χ4v) is 2.75. The normalized spacial score (nSPS) is 16.4. The highest BCUT2D eigenvalue weighted by Crippen LogP contribution is 2.28. The van der Waals surface area contributed by atoms with E-state index in [0.29, 0.717) is 0 Å². The molecule has 1 aromatic rings. The summed E-state index contributed by atoms with van der Waals surface area (Å²) in [5.74, 6) is 2.04. The van der Waals surface area contributed by atoms with E-state index >= 15 is 0 Å². The van der Waals surface area contributed by atoms with Gasteiger partial charge in [0, 0.05) is 18.1 Å². The molecule has 2 rings (SSSR count). The van der Waals surface area contributed by atoms with E-state index in [1.807, 2.05) is 6.92 Å². The molecule has 0 radical (unpaired) electrons. The summed E-state index contributed by atoms with van der Waals surface area (Å²) in [6.07, 6.45) is 7.04. The van der Waals surface area contributed by atoms with Gasteiger partial charge >= 0.3 is 0 Å². The third kappa shape index (κ3) is 3.44. The number of aryl methyl sites for hydroxylation is 1. The molecule has 1 aliphatic carbocycles. The monoisotopic (exact) mass is 296 g/mol. The molecule has 1 heterocycles. The zero-order chi connectivity index (χ0) is 12.3. The SMILES string of the molecule is Cc1nc(N(C)CCC2CCCC2)ccc1Br. The lowest BCUT2D eigenvalue weighted by molar-refractivity contribution is 0.504. The summed E-state index contributed by atoms with van der Waals surface area (Å²) < 4.78 is 1.09. The van der Waals surface area contributed by atoms with Crippen molar-refractivity contribution < 1.29 is 0 Å². The van der Waals surface area contributed by atoms with Crippen molar-refractivity contribution in [1.29, 1.82) is 0 Å². The Labute approximate surface area is 113 Å². The predicted octanol–water partition coefficient (Wildman–Crippen LogP) is 4.17. The fourth-order valence-electron chi connectivity index (χ4n) is 2.53. The van der Waals surface area contributed by atoms with E-state index in [-0.39, 0.29) is 0 Å². The van der Waals surface area contributed by atoms with Crippen LogP contribution in [-0.4, -0.2) is 18.6 Å². The van der Waals surface area contributed by atoms with Gasteiger partial charge in [0.2, 0.25) is 0 Å². The fraction of sp³-hybridized carbons (Fsp3) is 0.643. The van der Waals surface area contributed by atoms with Gasteiger partial charge in [-0.05, 0) is 47.3 Å². The van der Waals surface area contributed by atoms with Crippen molar-refractivity contribution in [3.8, 4) is 0 Å². The molecule has 1 fully saturated rings. The summed E-state index contributed by atoms with van der Waals surface area (Å²) in [5, 5.41) is 0. The summed E-state index contributed by atoms with van der Waals surface area (Å²) in [4.78, 5) is 6.87. The number of hydrogen-bond donors (Lipinski definition) is 0. The Morgan fingerprint density at radius 1 is 1.35 bits per heavy atom. The summed E-state index contributed by atoms with van der Waals surface area (Å²) in [7, 11) is 2.14. The van der Waals surface area contributed by atoms with Crippen LogP contribution in [0.2, 0.25) is 0 Å². The molecular formula is C14H21BrN2. The van der Waals surface area contributed by atoms with Crippen molar-refractivity contribution in [2.75, 3.05) is 18.5 Å². The van der Waals surface area contributed by atoms with Gasteiger partial charge in [-0.15, -0.1) is 0 Å². The maximum Gasteiger partial charge on any atom is 0.128 e. The number of aromatic nitrogens is 1. The van der Waals surface area contributed by atoms with E-state index in [2.05, 4.69) is 45.0 Å². The Hall–Kier alpha value is -0.570. The second-order valence-corrected chi connectivity index (χ2v) is 5.95. The average Bonchev–Trinajstić information content (AvgIpc) is 2.82. The Bertz CT molecular complexity index is 372. The molecule has 17 heavy (non-hydrogen) atoms. The van der Waals surface area contributed by atoms with Crippen molar-refractivity contribution in [1.82, 2.24) is 4.98 Å². The molecule has 0 N–H and O–H groups in total. The number of rotatable bonds is 4. The zero-order valence-corrected chi connectivity index (χ0v) is 12.3. The van der Waals surface area contributed by atoms with Gasteiger partial charge < -0.3 is 4.90 Å². The van der Waals surface area contributed by atoms with Crippen molar-refractivity contribution in [2.24, 2.45) is 5.92 Å². The molecule has 1 aliphatic rings. The van der Waals surface area contributed by atoms with Crippen molar-refractivity contribution in [3.05, 3.63) is 22.3 Å². The maximum absolute atomic E-state index is 4.60. The number of hydrogen-bond acceptors (Lipinski definition) is 2. The van der Waals surface area contributed by atoms with Gasteiger partial charge in [-0.1, -0.05) is 25.7 Å². The van der Waals surface area contributed by atoms with Crippen LogP contribution in [0.15, 0.2) is 16.6 Å². The van der Waals surface area contributed by atoms with E-state index in [1.165, 1.54) is 32.1 Å². The highest BCUT2D eigenvalue weighted by Gasteiger charge is 2.15. The van der Waals surface area contributed by atoms with Crippen LogP contribution in [0.5, 0.6) is 0 Å². The van der Waals surface area contributed by atoms with Crippen LogP contribution in [0.1, 0.15) is 37.8 Å². The molecule has 0 spiro atoms. The molecule has 0 aromatic carbocycles. The van der Waals surface area contributed by atoms with Crippen LogP contribution in [-0.2, 0) is 0 Å². The molecule has 3 heteroatoms. The molecule has 94 valence electrons. The molecule has 0 aliphatic heterocycles. The second kappa shape index (κ2) is 5.85. The van der Waals surface area contributed by atoms with Gasteiger partial charge in [-0.2, -0.15) is 0 Å². The van der Waals surface area contributed by atoms with Gasteiger partial charge in [-0.25, -0.2) is 4.98 Å². The van der Waals surface area contributed by atoms with Crippen LogP contribution in [0.25, 0.3) is 0 Å². The first-order valence-corrected chi connectivity index (χ1v) is 7.30. The van der Waals surface area contributed by atoms with Gasteiger partial charge in [0.15, 0.2) is 0 Å². The topological polar surface area (TPSA) is 16.1 Å². The van der Waals surface area contributed by atoms with Gasteiger partial charge in [0.25, 0.3) is 0 Å². The predicted molar refractivity (Wildman–Crippen MR) is 76.5 cm³/mol. The lowest BCUT2D eigenvalue weighted by Gasteiger charge is -2.20. The summed E-state index contributed by atoms with van der Waals surface area (Å²) in [5.41, 5.74) is 1.07. The first-order chi connectivity index (χ1) is 8.16. The second-order valence-electron chi connectivity index (χ2n) is 5.10. The van der Waals surface area contributed by atoms with Crippen LogP contribution >= 0.6 is 15.9 Å². The van der Waals surface area contributed by atoms with E-state index in [4.69, 9.17) is 0 Å². The number of halogens is 1. The van der Waals surface area contributed by atoms with Gasteiger partial charge in [0.1, 0.15) is 5.82 Å². The Morgan fingerprint density at radius 2 is 2.06 bits per heavy atom. The van der Waals surface area contributed by atoms with E-state index in [0.717, 1.165) is 28.4 Å². The third-order valence-corrected chi connectivity index (χ3v) is 4.58. The zero-order valence-electron chi connectivity index (χ0n) is 10.7. The molecule has 0 atom stereocenters. The lowest BCUT2D eigenvalue weighted by atomic mass is 10.0. The quantitative estimate of drug-likeness (QED) is 0.829. The molecule has 1 saturated carbocycles. The molecule has 0 unspecified atom stereocenters. The van der Waals surface area contributed by atoms with E-state index < -0.39 is 0 Å². The van der Waals surface area contributed by atoms with Crippen molar-refractivity contribution in [3.63, 3.8) is 0 Å². The number of anilines is 1. The highest BCUT2D eigenvalue weighted by molar-refractivity contribution is 9.10. The first-order valence-electron chi connectivity index (χ1n) is 6.51. The minimum atomic E-state index is 0.953. The minimum absolute atomic E-state index is 0.953. The molecule has 0 saturated heterocycles. The Kier molecular flexibility index (Phi) is 4.43. The maximum atomic E-state index is 4.60. The Morgan fingerprint density at radius 3 is 2.71 bits per heavy atom. The van der Waals surface area contributed by atoms with Crippen LogP contribution in [0.4, 0.5) is 5.82 Å². The van der Waals surface area contributed by atoms with Crippen LogP contribution < -0.4 is 4.90 Å². The first kappa shape index (κ1) is 12.9. The summed E-state index contributed by atoms with van der Waals surface area (Å²) >= 11 is 3.49. The smallest absolute Gasteiger partial charge is 0.128 e. The molecule has 1 aromatic heterocycles. The highest BCUT2D eigenvalue weighted by atomic mass is 79.9. The molecular weight excluding hydrogens is 276 g/mol. The average molecular weight is 297 g/mol. The molecule has 2 nitrogen and oxygen atoms in total. The van der Waals surface area contributed by atoms with Crippen molar-refractivity contribution in [2.45, 2.75) is 39.0 Å². The van der Waals surface area contributed by atoms with Crippen molar-refractivity contribution >= 4 is 21.7 Å². The van der Waals surface area contributed by atoms with E-state index in [1.54, 1.807) is 0 Å². The lowest BCUT2D eigenvalue weighted by Crippen LogP contribution is -2.21. The molecule has 0 amide bonds. The van der Waals surface area contributed by atoms with Crippen LogP contribution in [0.3, 0.4) is 0 Å². The minimum Gasteiger partial charge on any atom is -0.360 e.